The predicted octanol–water partition coefficient (Wildman–Crippen LogP) is 1.54. The maximum Gasteiger partial charge on any atom is 0.323 e. The summed E-state index contributed by atoms with van der Waals surface area (Å²) in [4.78, 5) is 24.9. The molecule has 108 valence electrons. The molecule has 1 aromatic carbocycles. The van der Waals surface area contributed by atoms with Crippen molar-refractivity contribution in [1.29, 1.82) is 0 Å². The van der Waals surface area contributed by atoms with Gasteiger partial charge in [0.25, 0.3) is 0 Å². The van der Waals surface area contributed by atoms with Gasteiger partial charge in [-0.2, -0.15) is 0 Å². The lowest BCUT2D eigenvalue weighted by Crippen LogP contribution is -2.56. The van der Waals surface area contributed by atoms with E-state index in [1.807, 2.05) is 19.1 Å². The minimum atomic E-state index is -1.05. The standard InChI is InChI=1S/C15H20N2O3/c1-10-3-7-12(8-4-10)17(9-13(18)19)14(20)15(2,16)11-5-6-11/h3-4,7-8,11H,5-6,9,16H2,1-2H3,(H,18,19). The summed E-state index contributed by atoms with van der Waals surface area (Å²) in [5.74, 6) is -1.23. The molecule has 0 heterocycles. The van der Waals surface area contributed by atoms with Crippen molar-refractivity contribution in [3.8, 4) is 0 Å². The first-order chi connectivity index (χ1) is 9.32. The molecule has 0 aromatic heterocycles. The highest BCUT2D eigenvalue weighted by Crippen LogP contribution is 2.39. The number of amides is 1. The van der Waals surface area contributed by atoms with Gasteiger partial charge in [-0.25, -0.2) is 0 Å². The normalized spacial score (nSPS) is 17.4. The summed E-state index contributed by atoms with van der Waals surface area (Å²) < 4.78 is 0. The summed E-state index contributed by atoms with van der Waals surface area (Å²) >= 11 is 0. The molecule has 1 aliphatic carbocycles. The average molecular weight is 276 g/mol. The van der Waals surface area contributed by atoms with Crippen molar-refractivity contribution in [2.24, 2.45) is 11.7 Å². The number of anilines is 1. The van der Waals surface area contributed by atoms with Gasteiger partial charge in [0.2, 0.25) is 5.91 Å². The Bertz CT molecular complexity index is 518. The summed E-state index contributed by atoms with van der Waals surface area (Å²) in [7, 11) is 0. The van der Waals surface area contributed by atoms with Crippen LogP contribution in [-0.4, -0.2) is 29.1 Å². The van der Waals surface area contributed by atoms with Gasteiger partial charge in [0, 0.05) is 5.69 Å². The van der Waals surface area contributed by atoms with Crippen LogP contribution in [0.1, 0.15) is 25.3 Å². The lowest BCUT2D eigenvalue weighted by molar-refractivity contribution is -0.137. The van der Waals surface area contributed by atoms with E-state index >= 15 is 0 Å². The molecule has 1 unspecified atom stereocenters. The van der Waals surface area contributed by atoms with Gasteiger partial charge < -0.3 is 10.8 Å². The van der Waals surface area contributed by atoms with Crippen molar-refractivity contribution in [2.45, 2.75) is 32.2 Å². The molecule has 0 aliphatic heterocycles. The number of carboxylic acids is 1. The highest BCUT2D eigenvalue weighted by molar-refractivity contribution is 6.03. The summed E-state index contributed by atoms with van der Waals surface area (Å²) in [5.41, 5.74) is 6.75. The zero-order chi connectivity index (χ0) is 14.9. The minimum Gasteiger partial charge on any atom is -0.480 e. The first kappa shape index (κ1) is 14.5. The second kappa shape index (κ2) is 5.25. The Labute approximate surface area is 118 Å². The third-order valence-corrected chi connectivity index (χ3v) is 3.77. The fourth-order valence-electron chi connectivity index (χ4n) is 2.29. The van der Waals surface area contributed by atoms with Crippen LogP contribution in [0, 0.1) is 12.8 Å². The van der Waals surface area contributed by atoms with E-state index < -0.39 is 11.5 Å². The van der Waals surface area contributed by atoms with Crippen LogP contribution in [-0.2, 0) is 9.59 Å². The maximum atomic E-state index is 12.6. The Morgan fingerprint density at radius 2 is 1.90 bits per heavy atom. The van der Waals surface area contributed by atoms with Crippen molar-refractivity contribution in [1.82, 2.24) is 0 Å². The number of nitrogens with zero attached hydrogens (tertiary/aromatic N) is 1. The molecule has 0 radical (unpaired) electrons. The molecular weight excluding hydrogens is 256 g/mol. The summed E-state index contributed by atoms with van der Waals surface area (Å²) in [6.45, 7) is 3.25. The van der Waals surface area contributed by atoms with Gasteiger partial charge >= 0.3 is 5.97 Å². The SMILES string of the molecule is Cc1ccc(N(CC(=O)O)C(=O)C(C)(N)C2CC2)cc1. The van der Waals surface area contributed by atoms with E-state index in [0.717, 1.165) is 18.4 Å². The van der Waals surface area contributed by atoms with E-state index in [1.54, 1.807) is 19.1 Å². The quantitative estimate of drug-likeness (QED) is 0.854. The van der Waals surface area contributed by atoms with E-state index in [0.29, 0.717) is 5.69 Å². The molecule has 1 saturated carbocycles. The molecule has 1 aliphatic rings. The fraction of sp³-hybridized carbons (Fsp3) is 0.467. The number of benzene rings is 1. The highest BCUT2D eigenvalue weighted by Gasteiger charge is 2.46. The van der Waals surface area contributed by atoms with Crippen LogP contribution in [0.15, 0.2) is 24.3 Å². The summed E-state index contributed by atoms with van der Waals surface area (Å²) in [5, 5.41) is 9.03. The number of carbonyl (C=O) groups excluding carboxylic acids is 1. The smallest absolute Gasteiger partial charge is 0.323 e. The van der Waals surface area contributed by atoms with Crippen LogP contribution < -0.4 is 10.6 Å². The number of hydrogen-bond acceptors (Lipinski definition) is 3. The molecule has 1 aromatic rings. The zero-order valence-corrected chi connectivity index (χ0v) is 11.8. The largest absolute Gasteiger partial charge is 0.480 e. The van der Waals surface area contributed by atoms with E-state index in [9.17, 15) is 9.59 Å². The Morgan fingerprint density at radius 3 is 2.35 bits per heavy atom. The van der Waals surface area contributed by atoms with Gasteiger partial charge in [-0.3, -0.25) is 14.5 Å². The van der Waals surface area contributed by atoms with Gasteiger partial charge in [-0.05, 0) is 44.7 Å². The first-order valence-electron chi connectivity index (χ1n) is 6.71. The van der Waals surface area contributed by atoms with Gasteiger partial charge in [0.15, 0.2) is 0 Å². The molecule has 5 heteroatoms. The number of hydrogen-bond donors (Lipinski definition) is 2. The molecule has 0 saturated heterocycles. The number of rotatable bonds is 5. The third kappa shape index (κ3) is 2.99. The van der Waals surface area contributed by atoms with E-state index in [-0.39, 0.29) is 18.4 Å². The van der Waals surface area contributed by atoms with Crippen molar-refractivity contribution < 1.29 is 14.7 Å². The zero-order valence-electron chi connectivity index (χ0n) is 11.8. The van der Waals surface area contributed by atoms with Crippen LogP contribution in [0.4, 0.5) is 5.69 Å². The third-order valence-electron chi connectivity index (χ3n) is 3.77. The molecule has 3 N–H and O–H groups in total. The van der Waals surface area contributed by atoms with Gasteiger partial charge in [-0.15, -0.1) is 0 Å². The number of carboxylic acid groups (broad SMARTS) is 1. The van der Waals surface area contributed by atoms with E-state index in [1.165, 1.54) is 4.90 Å². The first-order valence-corrected chi connectivity index (χ1v) is 6.71. The molecule has 0 bridgehead atoms. The fourth-order valence-corrected chi connectivity index (χ4v) is 2.29. The summed E-state index contributed by atoms with van der Waals surface area (Å²) in [6.07, 6.45) is 1.85. The lowest BCUT2D eigenvalue weighted by atomic mass is 9.95. The van der Waals surface area contributed by atoms with Crippen LogP contribution in [0.25, 0.3) is 0 Å². The second-order valence-corrected chi connectivity index (χ2v) is 5.68. The molecule has 2 rings (SSSR count). The number of carbonyl (C=O) groups is 2. The van der Waals surface area contributed by atoms with Crippen molar-refractivity contribution in [3.63, 3.8) is 0 Å². The minimum absolute atomic E-state index is 0.150. The Kier molecular flexibility index (Phi) is 3.81. The molecule has 20 heavy (non-hydrogen) atoms. The van der Waals surface area contributed by atoms with Crippen molar-refractivity contribution in [2.75, 3.05) is 11.4 Å². The van der Waals surface area contributed by atoms with E-state index in [2.05, 4.69) is 0 Å². The van der Waals surface area contributed by atoms with Crippen molar-refractivity contribution >= 4 is 17.6 Å². The molecule has 1 atom stereocenters. The van der Waals surface area contributed by atoms with Gasteiger partial charge in [0.1, 0.15) is 6.54 Å². The second-order valence-electron chi connectivity index (χ2n) is 5.68. The number of aliphatic carboxylic acids is 1. The summed E-state index contributed by atoms with van der Waals surface area (Å²) in [6, 6.07) is 7.20. The van der Waals surface area contributed by atoms with Crippen LogP contribution in [0.5, 0.6) is 0 Å². The maximum absolute atomic E-state index is 12.6. The number of nitrogens with two attached hydrogens (primary N) is 1. The van der Waals surface area contributed by atoms with Crippen LogP contribution in [0.2, 0.25) is 0 Å². The van der Waals surface area contributed by atoms with Gasteiger partial charge in [0.05, 0.1) is 5.54 Å². The van der Waals surface area contributed by atoms with E-state index in [4.69, 9.17) is 10.8 Å². The Hall–Kier alpha value is -1.88. The van der Waals surface area contributed by atoms with Crippen LogP contribution >= 0.6 is 0 Å². The van der Waals surface area contributed by atoms with Crippen molar-refractivity contribution in [3.05, 3.63) is 29.8 Å². The average Bonchev–Trinajstić information content (AvgIpc) is 3.20. The van der Waals surface area contributed by atoms with Gasteiger partial charge in [-0.1, -0.05) is 17.7 Å². The number of aryl methyl sites for hydroxylation is 1. The lowest BCUT2D eigenvalue weighted by Gasteiger charge is -2.31. The molecule has 0 spiro atoms. The molecular formula is C15H20N2O3. The highest BCUT2D eigenvalue weighted by atomic mass is 16.4. The topological polar surface area (TPSA) is 83.6 Å². The molecule has 1 amide bonds. The Balaban J connectivity index is 2.29. The van der Waals surface area contributed by atoms with Crippen LogP contribution in [0.3, 0.4) is 0 Å². The molecule has 5 nitrogen and oxygen atoms in total. The monoisotopic (exact) mass is 276 g/mol. The predicted molar refractivity (Wildman–Crippen MR) is 76.5 cm³/mol. The molecule has 1 fully saturated rings. The Morgan fingerprint density at radius 1 is 1.35 bits per heavy atom.